The van der Waals surface area contributed by atoms with Crippen molar-refractivity contribution in [2.24, 2.45) is 0 Å². The van der Waals surface area contributed by atoms with Gasteiger partial charge in [0.25, 0.3) is 0 Å². The summed E-state index contributed by atoms with van der Waals surface area (Å²) in [7, 11) is 0. The minimum Gasteiger partial charge on any atom is -0.369 e. The third-order valence-electron chi connectivity index (χ3n) is 5.50. The number of ketones is 1. The van der Waals surface area contributed by atoms with E-state index in [2.05, 4.69) is 27.2 Å². The molecule has 1 saturated heterocycles. The van der Waals surface area contributed by atoms with E-state index >= 15 is 0 Å². The highest BCUT2D eigenvalue weighted by molar-refractivity contribution is 7.12. The first-order valence-corrected chi connectivity index (χ1v) is 11.0. The summed E-state index contributed by atoms with van der Waals surface area (Å²) in [6.45, 7) is 4.43. The summed E-state index contributed by atoms with van der Waals surface area (Å²) in [5.74, 6) is 0.0821. The van der Waals surface area contributed by atoms with Crippen molar-refractivity contribution in [1.29, 1.82) is 0 Å². The fourth-order valence-corrected chi connectivity index (χ4v) is 4.43. The minimum atomic E-state index is -0.0372. The number of carbonyl (C=O) groups excluding carboxylic acids is 2. The number of Topliss-reactive ketones (excluding diaryl/α,β-unsaturated/α-hetero) is 1. The molecule has 1 amide bonds. The molecule has 1 aliphatic heterocycles. The molecule has 2 fully saturated rings. The molecule has 1 aromatic heterocycles. The fraction of sp³-hybridized carbons (Fsp3) is 0.455. The maximum absolute atomic E-state index is 12.1. The molecule has 1 aromatic carbocycles. The molecule has 6 heteroatoms. The van der Waals surface area contributed by atoms with Gasteiger partial charge < -0.3 is 10.2 Å². The SMILES string of the molecule is O=C(CCCC(=O)c1cccs1)Nc1ccc(N2CCN(C3CC3)CC2)cc1. The first-order valence-electron chi connectivity index (χ1n) is 10.1. The van der Waals surface area contributed by atoms with Crippen LogP contribution in [-0.4, -0.2) is 48.8 Å². The number of anilines is 2. The van der Waals surface area contributed by atoms with Crippen LogP contribution in [0.15, 0.2) is 41.8 Å². The Balaban J connectivity index is 1.19. The van der Waals surface area contributed by atoms with E-state index in [1.807, 2.05) is 29.6 Å². The van der Waals surface area contributed by atoms with Gasteiger partial charge in [-0.05, 0) is 55.0 Å². The highest BCUT2D eigenvalue weighted by Gasteiger charge is 2.31. The summed E-state index contributed by atoms with van der Waals surface area (Å²) in [5.41, 5.74) is 2.03. The average Bonchev–Trinajstić information content (AvgIpc) is 3.42. The van der Waals surface area contributed by atoms with E-state index < -0.39 is 0 Å². The van der Waals surface area contributed by atoms with Gasteiger partial charge in [0.15, 0.2) is 5.78 Å². The van der Waals surface area contributed by atoms with E-state index in [9.17, 15) is 9.59 Å². The van der Waals surface area contributed by atoms with Gasteiger partial charge in [0.2, 0.25) is 5.91 Å². The molecule has 0 spiro atoms. The van der Waals surface area contributed by atoms with Crippen molar-refractivity contribution >= 4 is 34.4 Å². The number of nitrogens with zero attached hydrogens (tertiary/aromatic N) is 2. The Labute approximate surface area is 170 Å². The highest BCUT2D eigenvalue weighted by atomic mass is 32.1. The molecule has 28 heavy (non-hydrogen) atoms. The van der Waals surface area contributed by atoms with Crippen LogP contribution in [0.1, 0.15) is 41.8 Å². The van der Waals surface area contributed by atoms with Gasteiger partial charge in [0, 0.05) is 56.4 Å². The van der Waals surface area contributed by atoms with Gasteiger partial charge in [-0.1, -0.05) is 6.07 Å². The molecule has 2 aliphatic rings. The van der Waals surface area contributed by atoms with Crippen LogP contribution < -0.4 is 10.2 Å². The molecule has 0 bridgehead atoms. The van der Waals surface area contributed by atoms with E-state index in [4.69, 9.17) is 0 Å². The number of thiophene rings is 1. The standard InChI is InChI=1S/C22H27N3O2S/c26-20(21-4-2-16-28-21)3-1-5-22(27)23-17-6-8-18(9-7-17)24-12-14-25(15-13-24)19-10-11-19/h2,4,6-9,16,19H,1,3,5,10-15H2,(H,23,27). The fourth-order valence-electron chi connectivity index (χ4n) is 3.73. The first kappa shape index (κ1) is 19.2. The van der Waals surface area contributed by atoms with E-state index in [0.717, 1.165) is 42.8 Å². The van der Waals surface area contributed by atoms with Crippen molar-refractivity contribution in [2.45, 2.75) is 38.1 Å². The third-order valence-corrected chi connectivity index (χ3v) is 6.41. The van der Waals surface area contributed by atoms with Gasteiger partial charge in [0.1, 0.15) is 0 Å². The topological polar surface area (TPSA) is 52.7 Å². The van der Waals surface area contributed by atoms with Gasteiger partial charge in [0.05, 0.1) is 4.88 Å². The van der Waals surface area contributed by atoms with E-state index in [1.54, 1.807) is 0 Å². The predicted molar refractivity (Wildman–Crippen MR) is 114 cm³/mol. The van der Waals surface area contributed by atoms with Crippen LogP contribution in [0.3, 0.4) is 0 Å². The lowest BCUT2D eigenvalue weighted by Gasteiger charge is -2.36. The van der Waals surface area contributed by atoms with Crippen molar-refractivity contribution in [1.82, 2.24) is 4.90 Å². The van der Waals surface area contributed by atoms with Crippen molar-refractivity contribution in [3.8, 4) is 0 Å². The molecule has 4 rings (SSSR count). The number of nitrogens with one attached hydrogen (secondary N) is 1. The van der Waals surface area contributed by atoms with Crippen molar-refractivity contribution in [2.75, 3.05) is 36.4 Å². The Kier molecular flexibility index (Phi) is 6.07. The number of hydrogen-bond acceptors (Lipinski definition) is 5. The summed E-state index contributed by atoms with van der Waals surface area (Å²) in [6, 6.07) is 12.7. The molecule has 5 nitrogen and oxygen atoms in total. The molecule has 1 aliphatic carbocycles. The highest BCUT2D eigenvalue weighted by Crippen LogP contribution is 2.28. The van der Waals surface area contributed by atoms with Crippen LogP contribution in [0.25, 0.3) is 0 Å². The molecule has 2 aromatic rings. The van der Waals surface area contributed by atoms with Crippen molar-refractivity contribution < 1.29 is 9.59 Å². The summed E-state index contributed by atoms with van der Waals surface area (Å²) in [5, 5.41) is 4.84. The second kappa shape index (κ2) is 8.88. The lowest BCUT2D eigenvalue weighted by Crippen LogP contribution is -2.47. The van der Waals surface area contributed by atoms with Crippen molar-refractivity contribution in [3.63, 3.8) is 0 Å². The molecular formula is C22H27N3O2S. The number of piperazine rings is 1. The molecule has 0 radical (unpaired) electrons. The van der Waals surface area contributed by atoms with Crippen LogP contribution in [0, 0.1) is 0 Å². The third kappa shape index (κ3) is 5.00. The summed E-state index contributed by atoms with van der Waals surface area (Å²) < 4.78 is 0. The lowest BCUT2D eigenvalue weighted by molar-refractivity contribution is -0.116. The zero-order valence-electron chi connectivity index (χ0n) is 16.1. The molecule has 0 atom stereocenters. The maximum Gasteiger partial charge on any atom is 0.224 e. The van der Waals surface area contributed by atoms with Gasteiger partial charge in [-0.25, -0.2) is 0 Å². The molecule has 2 heterocycles. The molecular weight excluding hydrogens is 370 g/mol. The number of carbonyl (C=O) groups is 2. The maximum atomic E-state index is 12.1. The van der Waals surface area contributed by atoms with E-state index in [1.165, 1.54) is 29.9 Å². The van der Waals surface area contributed by atoms with Gasteiger partial charge in [-0.15, -0.1) is 11.3 Å². The van der Waals surface area contributed by atoms with Crippen LogP contribution in [0.2, 0.25) is 0 Å². The minimum absolute atomic E-state index is 0.0372. The van der Waals surface area contributed by atoms with Crippen LogP contribution in [-0.2, 0) is 4.79 Å². The molecule has 1 saturated carbocycles. The zero-order valence-corrected chi connectivity index (χ0v) is 16.9. The Hall–Kier alpha value is -2.18. The quantitative estimate of drug-likeness (QED) is 0.684. The number of amides is 1. The second-order valence-corrected chi connectivity index (χ2v) is 8.55. The number of rotatable bonds is 8. The number of benzene rings is 1. The van der Waals surface area contributed by atoms with E-state index in [0.29, 0.717) is 19.3 Å². The Morgan fingerprint density at radius 3 is 2.39 bits per heavy atom. The van der Waals surface area contributed by atoms with Crippen LogP contribution in [0.5, 0.6) is 0 Å². The zero-order chi connectivity index (χ0) is 19.3. The summed E-state index contributed by atoms with van der Waals surface area (Å²) >= 11 is 1.45. The largest absolute Gasteiger partial charge is 0.369 e. The molecule has 148 valence electrons. The smallest absolute Gasteiger partial charge is 0.224 e. The Bertz CT molecular complexity index is 792. The lowest BCUT2D eigenvalue weighted by atomic mass is 10.1. The molecule has 0 unspecified atom stereocenters. The van der Waals surface area contributed by atoms with Crippen LogP contribution >= 0.6 is 11.3 Å². The summed E-state index contributed by atoms with van der Waals surface area (Å²) in [4.78, 5) is 29.9. The van der Waals surface area contributed by atoms with Gasteiger partial charge in [-0.3, -0.25) is 14.5 Å². The second-order valence-electron chi connectivity index (χ2n) is 7.60. The first-order chi connectivity index (χ1) is 13.7. The van der Waals surface area contributed by atoms with Crippen LogP contribution in [0.4, 0.5) is 11.4 Å². The predicted octanol–water partition coefficient (Wildman–Crippen LogP) is 4.02. The van der Waals surface area contributed by atoms with E-state index in [-0.39, 0.29) is 11.7 Å². The average molecular weight is 398 g/mol. The molecule has 1 N–H and O–H groups in total. The normalized spacial score (nSPS) is 17.5. The van der Waals surface area contributed by atoms with Crippen molar-refractivity contribution in [3.05, 3.63) is 46.7 Å². The number of hydrogen-bond donors (Lipinski definition) is 1. The monoisotopic (exact) mass is 397 g/mol. The van der Waals surface area contributed by atoms with Gasteiger partial charge >= 0.3 is 0 Å². The summed E-state index contributed by atoms with van der Waals surface area (Å²) in [6.07, 6.45) is 4.10. The Morgan fingerprint density at radius 1 is 1.00 bits per heavy atom. The Morgan fingerprint density at radius 2 is 1.75 bits per heavy atom. The van der Waals surface area contributed by atoms with Gasteiger partial charge in [-0.2, -0.15) is 0 Å².